The van der Waals surface area contributed by atoms with E-state index in [9.17, 15) is 4.79 Å². The molecule has 6 heteroatoms. The van der Waals surface area contributed by atoms with E-state index in [-0.39, 0.29) is 5.56 Å². The van der Waals surface area contributed by atoms with Crippen molar-refractivity contribution in [3.05, 3.63) is 81.3 Å². The van der Waals surface area contributed by atoms with Gasteiger partial charge in [0.05, 0.1) is 5.39 Å². The molecule has 1 N–H and O–H groups in total. The molecule has 0 aliphatic rings. The van der Waals surface area contributed by atoms with Gasteiger partial charge in [0.25, 0.3) is 5.56 Å². The van der Waals surface area contributed by atoms with Crippen molar-refractivity contribution in [2.75, 3.05) is 0 Å². The van der Waals surface area contributed by atoms with Gasteiger partial charge in [-0.3, -0.25) is 4.79 Å². The van der Waals surface area contributed by atoms with Gasteiger partial charge in [-0.05, 0) is 27.8 Å². The molecule has 3 nitrogen and oxygen atoms in total. The van der Waals surface area contributed by atoms with Crippen LogP contribution in [-0.4, -0.2) is 9.97 Å². The molecular weight excluding hydrogens is 392 g/mol. The lowest BCUT2D eigenvalue weighted by atomic mass is 10.1. The molecule has 132 valence electrons. The van der Waals surface area contributed by atoms with E-state index in [1.54, 1.807) is 23.1 Å². The number of nitrogens with one attached hydrogen (secondary N) is 1. The van der Waals surface area contributed by atoms with Gasteiger partial charge in [0, 0.05) is 21.6 Å². The molecule has 0 bridgehead atoms. The quantitative estimate of drug-likeness (QED) is 0.287. The number of nitrogens with zero attached hydrogens (tertiary/aromatic N) is 1. The number of aromatic amines is 1. The van der Waals surface area contributed by atoms with Crippen molar-refractivity contribution >= 4 is 55.4 Å². The van der Waals surface area contributed by atoms with E-state index < -0.39 is 0 Å². The van der Waals surface area contributed by atoms with Crippen LogP contribution < -0.4 is 5.56 Å². The number of aromatic nitrogens is 2. The van der Waals surface area contributed by atoms with Crippen LogP contribution in [0.1, 0.15) is 5.56 Å². The SMILES string of the molecule is O=c1[nH]c(SCc2cccc3ccccc23)nc2scc(-c3cccs3)c12. The molecule has 0 spiro atoms. The van der Waals surface area contributed by atoms with E-state index in [1.165, 1.54) is 27.7 Å². The van der Waals surface area contributed by atoms with Crippen molar-refractivity contribution < 1.29 is 0 Å². The van der Waals surface area contributed by atoms with Crippen LogP contribution in [-0.2, 0) is 5.75 Å². The summed E-state index contributed by atoms with van der Waals surface area (Å²) < 4.78 is 0. The van der Waals surface area contributed by atoms with E-state index in [0.29, 0.717) is 10.5 Å². The average molecular weight is 407 g/mol. The maximum atomic E-state index is 12.7. The van der Waals surface area contributed by atoms with Gasteiger partial charge >= 0.3 is 0 Å². The number of thioether (sulfide) groups is 1. The van der Waals surface area contributed by atoms with Gasteiger partial charge in [-0.1, -0.05) is 60.3 Å². The summed E-state index contributed by atoms with van der Waals surface area (Å²) in [4.78, 5) is 22.3. The second-order valence-electron chi connectivity index (χ2n) is 6.10. The Morgan fingerprint density at radius 1 is 1.00 bits per heavy atom. The molecule has 0 saturated heterocycles. The summed E-state index contributed by atoms with van der Waals surface area (Å²) in [6.07, 6.45) is 0. The minimum Gasteiger partial charge on any atom is -0.301 e. The van der Waals surface area contributed by atoms with Crippen molar-refractivity contribution in [2.24, 2.45) is 0 Å². The van der Waals surface area contributed by atoms with Crippen molar-refractivity contribution in [3.63, 3.8) is 0 Å². The van der Waals surface area contributed by atoms with Crippen LogP contribution in [0.2, 0.25) is 0 Å². The first-order valence-corrected chi connectivity index (χ1v) is 11.2. The lowest BCUT2D eigenvalue weighted by Crippen LogP contribution is -2.08. The number of hydrogen-bond acceptors (Lipinski definition) is 5. The molecular formula is C21H14N2OS3. The largest absolute Gasteiger partial charge is 0.301 e. The fraction of sp³-hybridized carbons (Fsp3) is 0.0476. The van der Waals surface area contributed by atoms with Gasteiger partial charge in [-0.25, -0.2) is 4.98 Å². The number of fused-ring (bicyclic) bond motifs is 2. The van der Waals surface area contributed by atoms with Crippen LogP contribution in [0.3, 0.4) is 0 Å². The molecule has 3 heterocycles. The molecule has 0 fully saturated rings. The Balaban J connectivity index is 1.48. The van der Waals surface area contributed by atoms with Crippen LogP contribution in [0.4, 0.5) is 0 Å². The summed E-state index contributed by atoms with van der Waals surface area (Å²) in [5.41, 5.74) is 2.15. The van der Waals surface area contributed by atoms with Gasteiger partial charge in [-0.2, -0.15) is 0 Å². The van der Waals surface area contributed by atoms with E-state index in [0.717, 1.165) is 21.0 Å². The molecule has 0 unspecified atom stereocenters. The predicted molar refractivity (Wildman–Crippen MR) is 117 cm³/mol. The first-order valence-electron chi connectivity index (χ1n) is 8.44. The first kappa shape index (κ1) is 16.7. The van der Waals surface area contributed by atoms with Crippen molar-refractivity contribution in [3.8, 4) is 10.4 Å². The smallest absolute Gasteiger partial charge is 0.260 e. The number of thiophene rings is 2. The summed E-state index contributed by atoms with van der Waals surface area (Å²) in [5, 5.41) is 7.88. The van der Waals surface area contributed by atoms with Crippen LogP contribution in [0.25, 0.3) is 31.4 Å². The normalized spacial score (nSPS) is 11.4. The zero-order valence-electron chi connectivity index (χ0n) is 14.1. The van der Waals surface area contributed by atoms with Gasteiger partial charge in [0.2, 0.25) is 0 Å². The predicted octanol–water partition coefficient (Wildman–Crippen LogP) is 6.16. The van der Waals surface area contributed by atoms with Crippen LogP contribution in [0, 0.1) is 0 Å². The minimum absolute atomic E-state index is 0.0648. The number of rotatable bonds is 4. The summed E-state index contributed by atoms with van der Waals surface area (Å²) in [6.45, 7) is 0. The number of hydrogen-bond donors (Lipinski definition) is 1. The molecule has 27 heavy (non-hydrogen) atoms. The molecule has 2 aromatic carbocycles. The highest BCUT2D eigenvalue weighted by molar-refractivity contribution is 7.98. The lowest BCUT2D eigenvalue weighted by molar-refractivity contribution is 0.980. The Hall–Kier alpha value is -2.41. The van der Waals surface area contributed by atoms with Crippen molar-refractivity contribution in [1.29, 1.82) is 0 Å². The molecule has 0 aliphatic carbocycles. The zero-order valence-corrected chi connectivity index (χ0v) is 16.6. The van der Waals surface area contributed by atoms with E-state index >= 15 is 0 Å². The van der Waals surface area contributed by atoms with Gasteiger partial charge in [-0.15, -0.1) is 22.7 Å². The van der Waals surface area contributed by atoms with E-state index in [4.69, 9.17) is 4.98 Å². The monoisotopic (exact) mass is 406 g/mol. The zero-order chi connectivity index (χ0) is 18.2. The second-order valence-corrected chi connectivity index (χ2v) is 8.87. The molecule has 0 aliphatic heterocycles. The van der Waals surface area contributed by atoms with E-state index in [2.05, 4.69) is 41.4 Å². The average Bonchev–Trinajstić information content (AvgIpc) is 3.36. The van der Waals surface area contributed by atoms with Crippen molar-refractivity contribution in [1.82, 2.24) is 9.97 Å². The van der Waals surface area contributed by atoms with Gasteiger partial charge in [0.15, 0.2) is 5.16 Å². The maximum Gasteiger partial charge on any atom is 0.260 e. The molecule has 5 aromatic rings. The lowest BCUT2D eigenvalue weighted by Gasteiger charge is -2.06. The highest BCUT2D eigenvalue weighted by Gasteiger charge is 2.14. The fourth-order valence-electron chi connectivity index (χ4n) is 3.18. The third-order valence-electron chi connectivity index (χ3n) is 4.45. The third kappa shape index (κ3) is 3.10. The fourth-order valence-corrected chi connectivity index (χ4v) is 5.86. The first-order chi connectivity index (χ1) is 13.3. The van der Waals surface area contributed by atoms with Crippen LogP contribution in [0.5, 0.6) is 0 Å². The van der Waals surface area contributed by atoms with Crippen LogP contribution >= 0.6 is 34.4 Å². The minimum atomic E-state index is -0.0648. The van der Waals surface area contributed by atoms with Gasteiger partial charge < -0.3 is 4.98 Å². The molecule has 0 amide bonds. The standard InChI is InChI=1S/C21H14N2OS3/c24-19-18-16(17-9-4-10-25-17)12-26-20(18)23-21(22-19)27-11-14-7-3-6-13-5-1-2-8-15(13)14/h1-10,12H,11H2,(H,22,23,24). The van der Waals surface area contributed by atoms with Crippen LogP contribution in [0.15, 0.2) is 75.3 Å². The van der Waals surface area contributed by atoms with Crippen molar-refractivity contribution in [2.45, 2.75) is 10.9 Å². The second kappa shape index (κ2) is 6.96. The molecule has 0 saturated carbocycles. The third-order valence-corrected chi connectivity index (χ3v) is 7.15. The Labute approximate surface area is 167 Å². The molecule has 3 aromatic heterocycles. The highest BCUT2D eigenvalue weighted by atomic mass is 32.2. The number of H-pyrrole nitrogens is 1. The highest BCUT2D eigenvalue weighted by Crippen LogP contribution is 2.34. The Morgan fingerprint density at radius 3 is 2.78 bits per heavy atom. The maximum absolute atomic E-state index is 12.7. The summed E-state index contributed by atoms with van der Waals surface area (Å²) in [7, 11) is 0. The summed E-state index contributed by atoms with van der Waals surface area (Å²) >= 11 is 4.73. The summed E-state index contributed by atoms with van der Waals surface area (Å²) in [5.74, 6) is 0.763. The number of benzene rings is 2. The Kier molecular flexibility index (Phi) is 4.32. The van der Waals surface area contributed by atoms with Gasteiger partial charge in [0.1, 0.15) is 4.83 Å². The molecule has 5 rings (SSSR count). The van der Waals surface area contributed by atoms with E-state index in [1.807, 2.05) is 29.0 Å². The molecule has 0 radical (unpaired) electrons. The molecule has 0 atom stereocenters. The summed E-state index contributed by atoms with van der Waals surface area (Å²) in [6, 6.07) is 18.7. The Morgan fingerprint density at radius 2 is 1.89 bits per heavy atom. The topological polar surface area (TPSA) is 45.8 Å². The Bertz CT molecular complexity index is 1300.